The lowest BCUT2D eigenvalue weighted by molar-refractivity contribution is -0.131. The van der Waals surface area contributed by atoms with E-state index in [1.54, 1.807) is 48.5 Å². The van der Waals surface area contributed by atoms with Gasteiger partial charge in [0.2, 0.25) is 0 Å². The molecule has 0 radical (unpaired) electrons. The van der Waals surface area contributed by atoms with Gasteiger partial charge in [-0.25, -0.2) is 9.78 Å². The number of ether oxygens (including phenoxy) is 1. The number of carbonyl (C=O) groups is 1. The van der Waals surface area contributed by atoms with Crippen molar-refractivity contribution in [2.75, 3.05) is 0 Å². The standard InChI is InChI=1S/C24H16N2O4S/c25-14-17-5-1-2-6-18(17)15-29-19-11-9-16(10-12-19)13-22(23(27)28)31-24-26-20-7-3-4-8-21(20)30-24/h1-13H,15H2,(H,27,28)/b22-13-. The Balaban J connectivity index is 1.47. The first-order chi connectivity index (χ1) is 15.1. The van der Waals surface area contributed by atoms with Crippen LogP contribution in [0.3, 0.4) is 0 Å². The summed E-state index contributed by atoms with van der Waals surface area (Å²) in [5, 5.41) is 19.0. The van der Waals surface area contributed by atoms with Gasteiger partial charge in [0.1, 0.15) is 22.8 Å². The number of para-hydroxylation sites is 2. The number of hydrogen-bond donors (Lipinski definition) is 1. The molecule has 1 heterocycles. The van der Waals surface area contributed by atoms with E-state index in [4.69, 9.17) is 14.4 Å². The van der Waals surface area contributed by atoms with E-state index in [1.165, 1.54) is 0 Å². The van der Waals surface area contributed by atoms with Crippen molar-refractivity contribution in [3.8, 4) is 11.8 Å². The highest BCUT2D eigenvalue weighted by atomic mass is 32.2. The van der Waals surface area contributed by atoms with E-state index in [1.807, 2.05) is 30.3 Å². The van der Waals surface area contributed by atoms with Gasteiger partial charge in [0, 0.05) is 5.56 Å². The van der Waals surface area contributed by atoms with Gasteiger partial charge >= 0.3 is 5.97 Å². The largest absolute Gasteiger partial charge is 0.489 e. The molecule has 3 aromatic carbocycles. The van der Waals surface area contributed by atoms with Crippen LogP contribution >= 0.6 is 11.8 Å². The normalized spacial score (nSPS) is 11.3. The molecule has 4 rings (SSSR count). The van der Waals surface area contributed by atoms with Crippen molar-refractivity contribution in [3.05, 3.63) is 94.4 Å². The van der Waals surface area contributed by atoms with Gasteiger partial charge in [-0.1, -0.05) is 42.5 Å². The van der Waals surface area contributed by atoms with Crippen LogP contribution in [0.5, 0.6) is 5.75 Å². The van der Waals surface area contributed by atoms with E-state index in [9.17, 15) is 9.90 Å². The van der Waals surface area contributed by atoms with Crippen molar-refractivity contribution >= 4 is 34.9 Å². The highest BCUT2D eigenvalue weighted by Crippen LogP contribution is 2.31. The first-order valence-corrected chi connectivity index (χ1v) is 10.1. The Kier molecular flexibility index (Phi) is 6.01. The van der Waals surface area contributed by atoms with Crippen LogP contribution in [-0.2, 0) is 11.4 Å². The Labute approximate surface area is 182 Å². The second-order valence-corrected chi connectivity index (χ2v) is 7.48. The number of oxazole rings is 1. The first-order valence-electron chi connectivity index (χ1n) is 9.31. The average molecular weight is 428 g/mol. The number of hydrogen-bond acceptors (Lipinski definition) is 6. The van der Waals surface area contributed by atoms with Gasteiger partial charge in [0.15, 0.2) is 5.58 Å². The third kappa shape index (κ3) is 4.94. The second kappa shape index (κ2) is 9.20. The maximum absolute atomic E-state index is 11.7. The summed E-state index contributed by atoms with van der Waals surface area (Å²) in [7, 11) is 0. The summed E-state index contributed by atoms with van der Waals surface area (Å²) < 4.78 is 11.4. The molecule has 0 spiro atoms. The van der Waals surface area contributed by atoms with E-state index in [-0.39, 0.29) is 16.7 Å². The van der Waals surface area contributed by atoms with Crippen LogP contribution in [0, 0.1) is 11.3 Å². The van der Waals surface area contributed by atoms with Crippen molar-refractivity contribution in [2.45, 2.75) is 11.8 Å². The van der Waals surface area contributed by atoms with Crippen LogP contribution < -0.4 is 4.74 Å². The molecule has 6 nitrogen and oxygen atoms in total. The summed E-state index contributed by atoms with van der Waals surface area (Å²) in [6, 6.07) is 23.7. The van der Waals surface area contributed by atoms with Crippen LogP contribution in [0.25, 0.3) is 17.2 Å². The number of nitrogens with zero attached hydrogens (tertiary/aromatic N) is 2. The lowest BCUT2D eigenvalue weighted by atomic mass is 10.1. The smallest absolute Gasteiger partial charge is 0.342 e. The summed E-state index contributed by atoms with van der Waals surface area (Å²) in [5.41, 5.74) is 3.36. The zero-order valence-electron chi connectivity index (χ0n) is 16.2. The number of nitriles is 1. The van der Waals surface area contributed by atoms with Crippen molar-refractivity contribution in [3.63, 3.8) is 0 Å². The third-order valence-corrected chi connectivity index (χ3v) is 5.25. The van der Waals surface area contributed by atoms with E-state index in [2.05, 4.69) is 11.1 Å². The van der Waals surface area contributed by atoms with Gasteiger partial charge in [-0.05, 0) is 53.7 Å². The van der Waals surface area contributed by atoms with Crippen molar-refractivity contribution in [1.82, 2.24) is 4.98 Å². The van der Waals surface area contributed by atoms with Gasteiger partial charge in [0.25, 0.3) is 5.22 Å². The van der Waals surface area contributed by atoms with E-state index in [0.717, 1.165) is 17.3 Å². The maximum atomic E-state index is 11.7. The van der Waals surface area contributed by atoms with Crippen LogP contribution in [0.4, 0.5) is 0 Å². The average Bonchev–Trinajstić information content (AvgIpc) is 3.20. The minimum Gasteiger partial charge on any atom is -0.489 e. The molecule has 0 aliphatic rings. The molecule has 0 amide bonds. The van der Waals surface area contributed by atoms with Gasteiger partial charge < -0.3 is 14.3 Å². The zero-order valence-corrected chi connectivity index (χ0v) is 17.0. The number of aliphatic carboxylic acids is 1. The Morgan fingerprint density at radius 1 is 1.10 bits per heavy atom. The van der Waals surface area contributed by atoms with Crippen LogP contribution in [0.1, 0.15) is 16.7 Å². The fourth-order valence-corrected chi connectivity index (χ4v) is 3.60. The van der Waals surface area contributed by atoms with Gasteiger partial charge in [-0.15, -0.1) is 0 Å². The highest BCUT2D eigenvalue weighted by Gasteiger charge is 2.15. The molecule has 152 valence electrons. The molecule has 0 aliphatic heterocycles. The molecular weight excluding hydrogens is 412 g/mol. The van der Waals surface area contributed by atoms with E-state index in [0.29, 0.717) is 28.0 Å². The van der Waals surface area contributed by atoms with Crippen LogP contribution in [0.2, 0.25) is 0 Å². The zero-order chi connectivity index (χ0) is 21.6. The Hall–Kier alpha value is -4.02. The van der Waals surface area contributed by atoms with Crippen molar-refractivity contribution < 1.29 is 19.1 Å². The molecule has 0 fully saturated rings. The molecule has 0 unspecified atom stereocenters. The van der Waals surface area contributed by atoms with E-state index >= 15 is 0 Å². The molecular formula is C24H16N2O4S. The summed E-state index contributed by atoms with van der Waals surface area (Å²) in [6.45, 7) is 0.271. The first kappa shape index (κ1) is 20.3. The minimum absolute atomic E-state index is 0.0863. The monoisotopic (exact) mass is 428 g/mol. The predicted octanol–water partition coefficient (Wildman–Crippen LogP) is 5.50. The third-order valence-electron chi connectivity index (χ3n) is 4.39. The van der Waals surface area contributed by atoms with Crippen LogP contribution in [-0.4, -0.2) is 16.1 Å². The van der Waals surface area contributed by atoms with Gasteiger partial charge in [-0.2, -0.15) is 5.26 Å². The molecule has 0 aliphatic carbocycles. The Morgan fingerprint density at radius 3 is 2.58 bits per heavy atom. The van der Waals surface area contributed by atoms with Gasteiger partial charge in [0.05, 0.1) is 11.6 Å². The Bertz CT molecular complexity index is 1270. The number of rotatable bonds is 7. The molecule has 7 heteroatoms. The fraction of sp³-hybridized carbons (Fsp3) is 0.0417. The number of carboxylic acid groups (broad SMARTS) is 1. The predicted molar refractivity (Wildman–Crippen MR) is 117 cm³/mol. The molecule has 0 saturated heterocycles. The quantitative estimate of drug-likeness (QED) is 0.307. The lowest BCUT2D eigenvalue weighted by Gasteiger charge is -2.08. The summed E-state index contributed by atoms with van der Waals surface area (Å²) in [4.78, 5) is 16.1. The number of carboxylic acids is 1. The molecule has 31 heavy (non-hydrogen) atoms. The van der Waals surface area contributed by atoms with Crippen LogP contribution in [0.15, 0.2) is 87.3 Å². The number of aromatic nitrogens is 1. The number of thioether (sulfide) groups is 1. The number of benzene rings is 3. The maximum Gasteiger partial charge on any atom is 0.342 e. The molecule has 0 bridgehead atoms. The minimum atomic E-state index is -1.07. The molecule has 0 atom stereocenters. The summed E-state index contributed by atoms with van der Waals surface area (Å²) in [5.74, 6) is -0.450. The van der Waals surface area contributed by atoms with Gasteiger partial charge in [-0.3, -0.25) is 0 Å². The van der Waals surface area contributed by atoms with E-state index < -0.39 is 5.97 Å². The molecule has 1 N–H and O–H groups in total. The molecule has 0 saturated carbocycles. The molecule has 4 aromatic rings. The van der Waals surface area contributed by atoms with Crippen molar-refractivity contribution in [1.29, 1.82) is 5.26 Å². The molecule has 1 aromatic heterocycles. The topological polar surface area (TPSA) is 96.4 Å². The van der Waals surface area contributed by atoms with Crippen molar-refractivity contribution in [2.24, 2.45) is 0 Å². The Morgan fingerprint density at radius 2 is 1.84 bits per heavy atom. The summed E-state index contributed by atoms with van der Waals surface area (Å²) >= 11 is 0.955. The number of fused-ring (bicyclic) bond motifs is 1. The fourth-order valence-electron chi connectivity index (χ4n) is 2.85. The highest BCUT2D eigenvalue weighted by molar-refractivity contribution is 8.03. The SMILES string of the molecule is N#Cc1ccccc1COc1ccc(/C=C(\Sc2nc3ccccc3o2)C(=O)O)cc1. The summed E-state index contributed by atoms with van der Waals surface area (Å²) in [6.07, 6.45) is 1.55. The lowest BCUT2D eigenvalue weighted by Crippen LogP contribution is -1.98. The second-order valence-electron chi connectivity index (χ2n) is 6.49.